The molecule has 0 saturated heterocycles. The summed E-state index contributed by atoms with van der Waals surface area (Å²) < 4.78 is 5.09. The Morgan fingerprint density at radius 2 is 1.76 bits per heavy atom. The lowest BCUT2D eigenvalue weighted by atomic mass is 10.1. The first-order valence-corrected chi connectivity index (χ1v) is 9.31. The lowest BCUT2D eigenvalue weighted by Gasteiger charge is -2.19. The van der Waals surface area contributed by atoms with Crippen LogP contribution in [-0.2, 0) is 4.79 Å². The molecule has 2 aromatic carbocycles. The number of methoxy groups -OCH3 is 1. The van der Waals surface area contributed by atoms with Gasteiger partial charge in [0.1, 0.15) is 11.8 Å². The predicted octanol–water partition coefficient (Wildman–Crippen LogP) is 2.65. The van der Waals surface area contributed by atoms with E-state index in [4.69, 9.17) is 4.74 Å². The second-order valence-electron chi connectivity index (χ2n) is 5.33. The second kappa shape index (κ2) is 9.74. The Morgan fingerprint density at radius 1 is 1.08 bits per heavy atom. The number of hydrogen-bond acceptors (Lipinski definition) is 4. The molecule has 2 N–H and O–H groups in total. The summed E-state index contributed by atoms with van der Waals surface area (Å²) in [7, 11) is 1.57. The van der Waals surface area contributed by atoms with Gasteiger partial charge in [0.15, 0.2) is 0 Å². The topological polar surface area (TPSA) is 67.4 Å². The van der Waals surface area contributed by atoms with Crippen LogP contribution in [0.15, 0.2) is 54.6 Å². The summed E-state index contributed by atoms with van der Waals surface area (Å²) >= 11 is 1.65. The largest absolute Gasteiger partial charge is 0.497 e. The Morgan fingerprint density at radius 3 is 2.36 bits per heavy atom. The van der Waals surface area contributed by atoms with Gasteiger partial charge in [-0.15, -0.1) is 0 Å². The molecule has 0 aliphatic heterocycles. The summed E-state index contributed by atoms with van der Waals surface area (Å²) in [6, 6.07) is 15.2. The predicted molar refractivity (Wildman–Crippen MR) is 101 cm³/mol. The Kier molecular flexibility index (Phi) is 7.35. The van der Waals surface area contributed by atoms with E-state index < -0.39 is 6.04 Å². The van der Waals surface area contributed by atoms with Crippen molar-refractivity contribution < 1.29 is 14.3 Å². The van der Waals surface area contributed by atoms with Crippen molar-refractivity contribution in [3.63, 3.8) is 0 Å². The molecule has 0 aromatic heterocycles. The van der Waals surface area contributed by atoms with Gasteiger partial charge in [-0.05, 0) is 36.1 Å². The van der Waals surface area contributed by atoms with E-state index in [0.717, 1.165) is 11.3 Å². The van der Waals surface area contributed by atoms with Crippen LogP contribution < -0.4 is 15.4 Å². The van der Waals surface area contributed by atoms with Crippen LogP contribution in [0.4, 0.5) is 0 Å². The third kappa shape index (κ3) is 5.53. The van der Waals surface area contributed by atoms with Gasteiger partial charge in [0.2, 0.25) is 5.91 Å². The quantitative estimate of drug-likeness (QED) is 0.712. The number of hydrogen-bond donors (Lipinski definition) is 2. The zero-order chi connectivity index (χ0) is 18.1. The number of amides is 2. The molecule has 0 spiro atoms. The van der Waals surface area contributed by atoms with Gasteiger partial charge in [-0.2, -0.15) is 11.8 Å². The van der Waals surface area contributed by atoms with Gasteiger partial charge in [-0.1, -0.05) is 30.3 Å². The fraction of sp³-hybridized carbons (Fsp3) is 0.263. The minimum atomic E-state index is -0.738. The third-order valence-corrected chi connectivity index (χ3v) is 4.24. The normalized spacial score (nSPS) is 11.4. The van der Waals surface area contributed by atoms with E-state index in [1.807, 2.05) is 36.6 Å². The van der Waals surface area contributed by atoms with Gasteiger partial charge < -0.3 is 15.4 Å². The van der Waals surface area contributed by atoms with Crippen molar-refractivity contribution in [1.82, 2.24) is 10.6 Å². The summed E-state index contributed by atoms with van der Waals surface area (Å²) in [6.07, 6.45) is 1.98. The molecule has 0 bridgehead atoms. The first-order valence-electron chi connectivity index (χ1n) is 7.92. The van der Waals surface area contributed by atoms with Crippen LogP contribution in [0.3, 0.4) is 0 Å². The summed E-state index contributed by atoms with van der Waals surface area (Å²) in [5, 5.41) is 5.68. The fourth-order valence-corrected chi connectivity index (χ4v) is 2.59. The van der Waals surface area contributed by atoms with Gasteiger partial charge in [0.25, 0.3) is 5.91 Å². The highest BCUT2D eigenvalue weighted by Crippen LogP contribution is 2.16. The monoisotopic (exact) mass is 358 g/mol. The molecule has 0 aliphatic rings. The molecule has 132 valence electrons. The molecular weight excluding hydrogens is 336 g/mol. The van der Waals surface area contributed by atoms with Crippen molar-refractivity contribution >= 4 is 23.6 Å². The third-order valence-electron chi connectivity index (χ3n) is 3.63. The number of carbonyl (C=O) groups is 2. The maximum absolute atomic E-state index is 12.5. The highest BCUT2D eigenvalue weighted by Gasteiger charge is 2.22. The minimum Gasteiger partial charge on any atom is -0.497 e. The molecule has 2 rings (SSSR count). The van der Waals surface area contributed by atoms with Crippen LogP contribution in [0.2, 0.25) is 0 Å². The van der Waals surface area contributed by atoms with Crippen molar-refractivity contribution in [2.75, 3.05) is 25.7 Å². The number of benzene rings is 2. The maximum atomic E-state index is 12.5. The van der Waals surface area contributed by atoms with Crippen LogP contribution in [0, 0.1) is 0 Å². The molecule has 0 radical (unpaired) electrons. The molecule has 25 heavy (non-hydrogen) atoms. The van der Waals surface area contributed by atoms with Crippen molar-refractivity contribution in [3.8, 4) is 5.75 Å². The van der Waals surface area contributed by atoms with Gasteiger partial charge in [0.05, 0.1) is 7.11 Å². The number of carbonyl (C=O) groups excluding carboxylic acids is 2. The maximum Gasteiger partial charge on any atom is 0.252 e. The average molecular weight is 358 g/mol. The lowest BCUT2D eigenvalue weighted by molar-refractivity contribution is -0.123. The summed E-state index contributed by atoms with van der Waals surface area (Å²) in [5.74, 6) is 0.962. The molecular formula is C19H22N2O3S. The van der Waals surface area contributed by atoms with Crippen molar-refractivity contribution in [3.05, 3.63) is 65.7 Å². The number of nitrogens with one attached hydrogen (secondary N) is 2. The van der Waals surface area contributed by atoms with E-state index in [-0.39, 0.29) is 11.8 Å². The minimum absolute atomic E-state index is 0.220. The van der Waals surface area contributed by atoms with E-state index in [2.05, 4.69) is 10.6 Å². The molecule has 2 aromatic rings. The van der Waals surface area contributed by atoms with Crippen LogP contribution in [0.5, 0.6) is 5.75 Å². The summed E-state index contributed by atoms with van der Waals surface area (Å²) in [6.45, 7) is 0.557. The molecule has 0 heterocycles. The number of rotatable bonds is 8. The molecule has 0 saturated carbocycles. The molecule has 5 nitrogen and oxygen atoms in total. The van der Waals surface area contributed by atoms with Gasteiger partial charge >= 0.3 is 0 Å². The van der Waals surface area contributed by atoms with Crippen molar-refractivity contribution in [1.29, 1.82) is 0 Å². The molecule has 1 unspecified atom stereocenters. The molecule has 1 atom stereocenters. The SMILES string of the molecule is COc1ccc(C(=O)NC(C(=O)NCCSC)c2ccccc2)cc1. The first-order chi connectivity index (χ1) is 12.2. The average Bonchev–Trinajstić information content (AvgIpc) is 2.66. The van der Waals surface area contributed by atoms with E-state index in [1.54, 1.807) is 43.1 Å². The first kappa shape index (κ1) is 18.9. The van der Waals surface area contributed by atoms with Crippen LogP contribution in [0.25, 0.3) is 0 Å². The second-order valence-corrected chi connectivity index (χ2v) is 6.32. The Balaban J connectivity index is 2.14. The van der Waals surface area contributed by atoms with Crippen LogP contribution in [-0.4, -0.2) is 37.5 Å². The molecule has 0 fully saturated rings. The van der Waals surface area contributed by atoms with Gasteiger partial charge in [0, 0.05) is 17.9 Å². The molecule has 6 heteroatoms. The van der Waals surface area contributed by atoms with Crippen LogP contribution >= 0.6 is 11.8 Å². The Hall–Kier alpha value is -2.47. The number of thioether (sulfide) groups is 1. The zero-order valence-corrected chi connectivity index (χ0v) is 15.1. The van der Waals surface area contributed by atoms with Crippen LogP contribution in [0.1, 0.15) is 22.0 Å². The van der Waals surface area contributed by atoms with Gasteiger partial charge in [-0.25, -0.2) is 0 Å². The Bertz CT molecular complexity index is 690. The van der Waals surface area contributed by atoms with E-state index in [0.29, 0.717) is 17.9 Å². The summed E-state index contributed by atoms with van der Waals surface area (Å²) in [5.41, 5.74) is 1.21. The van der Waals surface area contributed by atoms with Crippen molar-refractivity contribution in [2.24, 2.45) is 0 Å². The Labute approximate surface area is 152 Å². The highest BCUT2D eigenvalue weighted by molar-refractivity contribution is 7.98. The van der Waals surface area contributed by atoms with Crippen molar-refractivity contribution in [2.45, 2.75) is 6.04 Å². The molecule has 0 aliphatic carbocycles. The zero-order valence-electron chi connectivity index (χ0n) is 14.3. The standard InChI is InChI=1S/C19H22N2O3S/c1-24-16-10-8-15(9-11-16)18(22)21-17(14-6-4-3-5-7-14)19(23)20-12-13-25-2/h3-11,17H,12-13H2,1-2H3,(H,20,23)(H,21,22). The van der Waals surface area contributed by atoms with E-state index >= 15 is 0 Å². The van der Waals surface area contributed by atoms with E-state index in [9.17, 15) is 9.59 Å². The number of ether oxygens (including phenoxy) is 1. The molecule has 2 amide bonds. The highest BCUT2D eigenvalue weighted by atomic mass is 32.2. The summed E-state index contributed by atoms with van der Waals surface area (Å²) in [4.78, 5) is 25.1. The smallest absolute Gasteiger partial charge is 0.252 e. The van der Waals surface area contributed by atoms with Gasteiger partial charge in [-0.3, -0.25) is 9.59 Å². The lowest BCUT2D eigenvalue weighted by Crippen LogP contribution is -2.41. The fourth-order valence-electron chi connectivity index (χ4n) is 2.28. The van der Waals surface area contributed by atoms with E-state index in [1.165, 1.54) is 0 Å².